The van der Waals surface area contributed by atoms with Crippen molar-refractivity contribution in [2.24, 2.45) is 0 Å². The van der Waals surface area contributed by atoms with E-state index in [9.17, 15) is 18.0 Å². The van der Waals surface area contributed by atoms with Crippen molar-refractivity contribution in [2.45, 2.75) is 110 Å². The van der Waals surface area contributed by atoms with Gasteiger partial charge in [0.2, 0.25) is 10.0 Å². The molecule has 0 aliphatic heterocycles. The summed E-state index contributed by atoms with van der Waals surface area (Å²) in [6, 6.07) is 0. The number of carbonyl (C=O) groups excluding carboxylic acids is 2. The highest BCUT2D eigenvalue weighted by Crippen LogP contribution is 2.13. The van der Waals surface area contributed by atoms with Crippen molar-refractivity contribution in [1.29, 1.82) is 0 Å². The van der Waals surface area contributed by atoms with Crippen LogP contribution in [0.5, 0.6) is 0 Å². The molecule has 0 aliphatic carbocycles. The van der Waals surface area contributed by atoms with Crippen LogP contribution in [0.2, 0.25) is 0 Å². The molecule has 0 rings (SSSR count). The molecule has 0 aromatic rings. The Bertz CT molecular complexity index is 607. The number of ether oxygens (including phenoxy) is 2. The maximum absolute atomic E-state index is 12.3. The third-order valence-corrected chi connectivity index (χ3v) is 7.71. The van der Waals surface area contributed by atoms with Gasteiger partial charge in [0, 0.05) is 26.2 Å². The number of nitrogens with zero attached hydrogens (tertiary/aromatic N) is 1. The van der Waals surface area contributed by atoms with E-state index in [0.717, 1.165) is 12.8 Å². The first-order chi connectivity index (χ1) is 16.8. The summed E-state index contributed by atoms with van der Waals surface area (Å²) in [5, 5.41) is 0. The number of unbranched alkanes of at least 4 members (excludes halogenated alkanes) is 13. The molecular formula is C26H52N2O6S. The van der Waals surface area contributed by atoms with E-state index in [1.54, 1.807) is 0 Å². The van der Waals surface area contributed by atoms with Crippen LogP contribution < -0.4 is 4.72 Å². The molecule has 8 nitrogen and oxygen atoms in total. The fraction of sp³-hybridized carbons (Fsp3) is 0.923. The number of carbonyl (C=O) groups is 2. The van der Waals surface area contributed by atoms with Gasteiger partial charge in [-0.15, -0.1) is 0 Å². The summed E-state index contributed by atoms with van der Waals surface area (Å²) in [5.41, 5.74) is 0. The van der Waals surface area contributed by atoms with Crippen LogP contribution in [-0.4, -0.2) is 71.4 Å². The Balaban J connectivity index is 3.86. The number of nitrogens with one attached hydrogen (secondary N) is 1. The highest BCUT2D eigenvalue weighted by molar-refractivity contribution is 7.89. The van der Waals surface area contributed by atoms with Gasteiger partial charge in [-0.1, -0.05) is 90.4 Å². The summed E-state index contributed by atoms with van der Waals surface area (Å²) in [5.74, 6) is -0.548. The molecule has 0 aromatic heterocycles. The molecule has 35 heavy (non-hydrogen) atoms. The van der Waals surface area contributed by atoms with E-state index in [4.69, 9.17) is 0 Å². The SMILES string of the molecule is CCCCCCCCCCCCCCCCS(=O)(=O)NCCN(CCC(=O)OC)CCC(=O)OC. The van der Waals surface area contributed by atoms with Gasteiger partial charge in [-0.2, -0.15) is 0 Å². The van der Waals surface area contributed by atoms with Crippen molar-refractivity contribution in [3.05, 3.63) is 0 Å². The Morgan fingerprint density at radius 1 is 0.657 bits per heavy atom. The lowest BCUT2D eigenvalue weighted by atomic mass is 10.0. The molecule has 0 spiro atoms. The van der Waals surface area contributed by atoms with E-state index in [0.29, 0.717) is 26.1 Å². The second-order valence-corrected chi connectivity index (χ2v) is 11.2. The number of methoxy groups -OCH3 is 2. The zero-order valence-corrected chi connectivity index (χ0v) is 23.5. The van der Waals surface area contributed by atoms with Crippen LogP contribution >= 0.6 is 0 Å². The standard InChI is InChI=1S/C26H52N2O6S/c1-4-5-6-7-8-9-10-11-12-13-14-15-16-17-24-35(31,32)27-20-23-28(21-18-25(29)33-2)22-19-26(30)34-3/h27H,4-24H2,1-3H3. The van der Waals surface area contributed by atoms with Crippen LogP contribution in [0.25, 0.3) is 0 Å². The van der Waals surface area contributed by atoms with Crippen molar-refractivity contribution < 1.29 is 27.5 Å². The minimum absolute atomic E-state index is 0.134. The van der Waals surface area contributed by atoms with Gasteiger partial charge in [-0.05, 0) is 6.42 Å². The summed E-state index contributed by atoms with van der Waals surface area (Å²) in [4.78, 5) is 24.7. The Hall–Kier alpha value is -1.19. The second-order valence-electron chi connectivity index (χ2n) is 9.30. The molecule has 0 saturated heterocycles. The molecule has 9 heteroatoms. The molecule has 0 aliphatic rings. The average molecular weight is 521 g/mol. The van der Waals surface area contributed by atoms with E-state index in [1.165, 1.54) is 84.8 Å². The number of esters is 2. The van der Waals surface area contributed by atoms with Crippen LogP contribution in [0.4, 0.5) is 0 Å². The summed E-state index contributed by atoms with van der Waals surface area (Å²) in [6.07, 6.45) is 17.6. The van der Waals surface area contributed by atoms with E-state index >= 15 is 0 Å². The second kappa shape index (κ2) is 23.2. The lowest BCUT2D eigenvalue weighted by Gasteiger charge is -2.21. The van der Waals surface area contributed by atoms with Gasteiger partial charge in [-0.3, -0.25) is 9.59 Å². The molecule has 0 atom stereocenters. The van der Waals surface area contributed by atoms with E-state index in [1.807, 2.05) is 4.90 Å². The first-order valence-corrected chi connectivity index (χ1v) is 15.3. The molecular weight excluding hydrogens is 468 g/mol. The third kappa shape index (κ3) is 23.0. The topological polar surface area (TPSA) is 102 Å². The van der Waals surface area contributed by atoms with E-state index < -0.39 is 10.0 Å². The average Bonchev–Trinajstić information content (AvgIpc) is 2.84. The monoisotopic (exact) mass is 520 g/mol. The highest BCUT2D eigenvalue weighted by Gasteiger charge is 2.14. The third-order valence-electron chi connectivity index (χ3n) is 6.24. The lowest BCUT2D eigenvalue weighted by molar-refractivity contribution is -0.141. The van der Waals surface area contributed by atoms with Gasteiger partial charge in [0.15, 0.2) is 0 Å². The minimum atomic E-state index is -3.33. The molecule has 0 radical (unpaired) electrons. The predicted molar refractivity (Wildman–Crippen MR) is 142 cm³/mol. The predicted octanol–water partition coefficient (Wildman–Crippen LogP) is 4.82. The maximum Gasteiger partial charge on any atom is 0.306 e. The molecule has 0 bridgehead atoms. The Morgan fingerprint density at radius 3 is 1.46 bits per heavy atom. The first kappa shape index (κ1) is 33.8. The summed E-state index contributed by atoms with van der Waals surface area (Å²) in [6.45, 7) is 3.68. The van der Waals surface area contributed by atoms with Gasteiger partial charge < -0.3 is 14.4 Å². The molecule has 0 fully saturated rings. The molecule has 0 unspecified atom stereocenters. The molecule has 0 amide bonds. The van der Waals surface area contributed by atoms with Crippen molar-refractivity contribution in [3.63, 3.8) is 0 Å². The number of sulfonamides is 1. The van der Waals surface area contributed by atoms with Crippen molar-refractivity contribution in [2.75, 3.05) is 46.2 Å². The van der Waals surface area contributed by atoms with Gasteiger partial charge in [0.05, 0.1) is 32.8 Å². The normalized spacial score (nSPS) is 11.7. The molecule has 208 valence electrons. The Morgan fingerprint density at radius 2 is 1.06 bits per heavy atom. The van der Waals surface area contributed by atoms with Gasteiger partial charge in [0.25, 0.3) is 0 Å². The largest absolute Gasteiger partial charge is 0.469 e. The summed E-state index contributed by atoms with van der Waals surface area (Å²) >= 11 is 0. The van der Waals surface area contributed by atoms with Crippen LogP contribution in [-0.2, 0) is 29.1 Å². The van der Waals surface area contributed by atoms with E-state index in [2.05, 4.69) is 21.1 Å². The fourth-order valence-corrected chi connectivity index (χ4v) is 5.09. The quantitative estimate of drug-likeness (QED) is 0.136. The summed E-state index contributed by atoms with van der Waals surface area (Å²) < 4.78 is 36.5. The summed E-state index contributed by atoms with van der Waals surface area (Å²) in [7, 11) is -0.674. The number of rotatable bonds is 25. The smallest absolute Gasteiger partial charge is 0.306 e. The number of hydrogen-bond acceptors (Lipinski definition) is 7. The fourth-order valence-electron chi connectivity index (χ4n) is 3.96. The van der Waals surface area contributed by atoms with Crippen molar-refractivity contribution >= 4 is 22.0 Å². The maximum atomic E-state index is 12.3. The van der Waals surface area contributed by atoms with Crippen molar-refractivity contribution in [1.82, 2.24) is 9.62 Å². The first-order valence-electron chi connectivity index (χ1n) is 13.7. The van der Waals surface area contributed by atoms with E-state index in [-0.39, 0.29) is 37.1 Å². The Labute approximate surface area is 214 Å². The minimum Gasteiger partial charge on any atom is -0.469 e. The molecule has 1 N–H and O–H groups in total. The van der Waals surface area contributed by atoms with Crippen LogP contribution in [0.1, 0.15) is 110 Å². The Kier molecular flexibility index (Phi) is 22.4. The molecule has 0 heterocycles. The van der Waals surface area contributed by atoms with Crippen LogP contribution in [0, 0.1) is 0 Å². The van der Waals surface area contributed by atoms with Crippen LogP contribution in [0.15, 0.2) is 0 Å². The zero-order chi connectivity index (χ0) is 26.2. The molecule has 0 aromatic carbocycles. The lowest BCUT2D eigenvalue weighted by Crippen LogP contribution is -2.38. The van der Waals surface area contributed by atoms with Crippen LogP contribution in [0.3, 0.4) is 0 Å². The van der Waals surface area contributed by atoms with Gasteiger partial charge in [-0.25, -0.2) is 13.1 Å². The van der Waals surface area contributed by atoms with Crippen molar-refractivity contribution in [3.8, 4) is 0 Å². The number of hydrogen-bond donors (Lipinski definition) is 1. The zero-order valence-electron chi connectivity index (χ0n) is 22.7. The van der Waals surface area contributed by atoms with Gasteiger partial charge in [0.1, 0.15) is 0 Å². The van der Waals surface area contributed by atoms with Gasteiger partial charge >= 0.3 is 11.9 Å². The molecule has 0 saturated carbocycles. The highest BCUT2D eigenvalue weighted by atomic mass is 32.2.